The zero-order valence-corrected chi connectivity index (χ0v) is 13.9. The van der Waals surface area contributed by atoms with Crippen molar-refractivity contribution in [2.75, 3.05) is 18.5 Å². The lowest BCUT2D eigenvalue weighted by Crippen LogP contribution is -2.28. The van der Waals surface area contributed by atoms with Crippen molar-refractivity contribution in [1.82, 2.24) is 14.8 Å². The third-order valence-corrected chi connectivity index (χ3v) is 4.53. The van der Waals surface area contributed by atoms with Gasteiger partial charge in [-0.15, -0.1) is 0 Å². The first-order chi connectivity index (χ1) is 12.3. The van der Waals surface area contributed by atoms with Gasteiger partial charge in [-0.3, -0.25) is 14.5 Å². The van der Waals surface area contributed by atoms with Crippen molar-refractivity contribution < 1.29 is 9.53 Å². The van der Waals surface area contributed by atoms with E-state index in [1.165, 1.54) is 0 Å². The van der Waals surface area contributed by atoms with Crippen LogP contribution in [0.15, 0.2) is 48.8 Å². The Kier molecular flexibility index (Phi) is 4.43. The topological polar surface area (TPSA) is 69.0 Å². The number of rotatable bonds is 4. The number of hydrogen-bond donors (Lipinski definition) is 1. The van der Waals surface area contributed by atoms with Crippen molar-refractivity contribution in [1.29, 1.82) is 0 Å². The molecule has 0 aliphatic carbocycles. The van der Waals surface area contributed by atoms with Crippen molar-refractivity contribution >= 4 is 22.6 Å². The van der Waals surface area contributed by atoms with Crippen LogP contribution in [0.5, 0.6) is 0 Å². The average molecular weight is 336 g/mol. The molecule has 6 nitrogen and oxygen atoms in total. The summed E-state index contributed by atoms with van der Waals surface area (Å²) in [6.07, 6.45) is 5.22. The Bertz CT molecular complexity index is 879. The van der Waals surface area contributed by atoms with Crippen molar-refractivity contribution in [2.24, 2.45) is 5.92 Å². The Labute approximate surface area is 145 Å². The van der Waals surface area contributed by atoms with Gasteiger partial charge < -0.3 is 10.1 Å². The number of benzene rings is 1. The number of carbonyl (C=O) groups is 1. The van der Waals surface area contributed by atoms with E-state index >= 15 is 0 Å². The van der Waals surface area contributed by atoms with Gasteiger partial charge in [0.25, 0.3) is 0 Å². The van der Waals surface area contributed by atoms with E-state index in [0.717, 1.165) is 29.3 Å². The fourth-order valence-electron chi connectivity index (χ4n) is 3.17. The van der Waals surface area contributed by atoms with E-state index in [1.54, 1.807) is 6.20 Å². The Hall–Kier alpha value is -2.73. The normalized spacial score (nSPS) is 15.4. The molecule has 0 unspecified atom stereocenters. The highest BCUT2D eigenvalue weighted by Crippen LogP contribution is 2.19. The summed E-state index contributed by atoms with van der Waals surface area (Å²) >= 11 is 0. The third-order valence-electron chi connectivity index (χ3n) is 4.53. The minimum atomic E-state index is 0.0150. The zero-order valence-electron chi connectivity index (χ0n) is 13.9. The van der Waals surface area contributed by atoms with E-state index in [2.05, 4.69) is 33.6 Å². The monoisotopic (exact) mass is 336 g/mol. The molecule has 0 spiro atoms. The van der Waals surface area contributed by atoms with Gasteiger partial charge in [-0.1, -0.05) is 24.3 Å². The number of ether oxygens (including phenoxy) is 1. The van der Waals surface area contributed by atoms with Gasteiger partial charge in [0.05, 0.1) is 12.1 Å². The van der Waals surface area contributed by atoms with E-state index < -0.39 is 0 Å². The van der Waals surface area contributed by atoms with Crippen LogP contribution in [0.2, 0.25) is 0 Å². The number of nitrogens with zero attached hydrogens (tertiary/aromatic N) is 3. The summed E-state index contributed by atoms with van der Waals surface area (Å²) in [6.45, 7) is 1.92. The van der Waals surface area contributed by atoms with Crippen LogP contribution in [-0.2, 0) is 16.1 Å². The van der Waals surface area contributed by atoms with Gasteiger partial charge in [-0.05, 0) is 24.5 Å². The lowest BCUT2D eigenvalue weighted by atomic mass is 9.99. The number of nitrogens with one attached hydrogen (secondary N) is 1. The number of para-hydroxylation sites is 1. The van der Waals surface area contributed by atoms with Crippen LogP contribution in [0.1, 0.15) is 18.4 Å². The van der Waals surface area contributed by atoms with Gasteiger partial charge in [0.2, 0.25) is 5.91 Å². The van der Waals surface area contributed by atoms with Crippen molar-refractivity contribution in [3.05, 3.63) is 54.4 Å². The summed E-state index contributed by atoms with van der Waals surface area (Å²) in [5.41, 5.74) is 2.08. The highest BCUT2D eigenvalue weighted by molar-refractivity contribution is 5.91. The summed E-state index contributed by atoms with van der Waals surface area (Å²) in [4.78, 5) is 16.8. The fraction of sp³-hybridized carbons (Fsp3) is 0.316. The SMILES string of the molecule is O=C(Nc1ccn(Cc2cccc3cccnc23)n1)C1CCOCC1. The molecule has 128 valence electrons. The Morgan fingerprint density at radius 2 is 2.04 bits per heavy atom. The minimum Gasteiger partial charge on any atom is -0.381 e. The molecule has 1 amide bonds. The molecule has 1 aromatic carbocycles. The van der Waals surface area contributed by atoms with E-state index in [9.17, 15) is 4.79 Å². The van der Waals surface area contributed by atoms with Crippen molar-refractivity contribution in [2.45, 2.75) is 19.4 Å². The predicted molar refractivity (Wildman–Crippen MR) is 95.2 cm³/mol. The van der Waals surface area contributed by atoms with Gasteiger partial charge in [-0.2, -0.15) is 5.10 Å². The molecular formula is C19H20N4O2. The molecule has 0 radical (unpaired) electrons. The van der Waals surface area contributed by atoms with Crippen LogP contribution in [-0.4, -0.2) is 33.9 Å². The van der Waals surface area contributed by atoms with Crippen molar-refractivity contribution in [3.63, 3.8) is 0 Å². The second kappa shape index (κ2) is 7.03. The van der Waals surface area contributed by atoms with Crippen molar-refractivity contribution in [3.8, 4) is 0 Å². The van der Waals surface area contributed by atoms with Crippen LogP contribution in [0.4, 0.5) is 5.82 Å². The quantitative estimate of drug-likeness (QED) is 0.795. The van der Waals surface area contributed by atoms with E-state index in [4.69, 9.17) is 4.74 Å². The number of amides is 1. The maximum atomic E-state index is 12.3. The second-order valence-corrected chi connectivity index (χ2v) is 6.27. The molecule has 1 N–H and O–H groups in total. The number of carbonyl (C=O) groups excluding carboxylic acids is 1. The molecular weight excluding hydrogens is 316 g/mol. The number of anilines is 1. The number of pyridine rings is 1. The van der Waals surface area contributed by atoms with Crippen LogP contribution in [0.25, 0.3) is 10.9 Å². The Balaban J connectivity index is 1.46. The smallest absolute Gasteiger partial charge is 0.228 e. The van der Waals surface area contributed by atoms with Crippen LogP contribution in [0.3, 0.4) is 0 Å². The third kappa shape index (κ3) is 3.53. The van der Waals surface area contributed by atoms with Gasteiger partial charge in [0.1, 0.15) is 0 Å². The zero-order chi connectivity index (χ0) is 17.1. The maximum absolute atomic E-state index is 12.3. The van der Waals surface area contributed by atoms with Gasteiger partial charge >= 0.3 is 0 Å². The molecule has 1 saturated heterocycles. The second-order valence-electron chi connectivity index (χ2n) is 6.27. The summed E-state index contributed by atoms with van der Waals surface area (Å²) in [6, 6.07) is 11.9. The largest absolute Gasteiger partial charge is 0.381 e. The minimum absolute atomic E-state index is 0.0150. The van der Waals surface area contributed by atoms with Crippen LogP contribution < -0.4 is 5.32 Å². The van der Waals surface area contributed by atoms with Crippen LogP contribution >= 0.6 is 0 Å². The molecule has 3 aromatic rings. The standard InChI is InChI=1S/C19H20N4O2/c24-19(15-7-11-25-12-8-15)21-17-6-10-23(22-17)13-16-4-1-3-14-5-2-9-20-18(14)16/h1-6,9-10,15H,7-8,11-13H2,(H,21,22,24). The number of aromatic nitrogens is 3. The molecule has 1 aliphatic rings. The Morgan fingerprint density at radius 3 is 2.92 bits per heavy atom. The molecule has 0 atom stereocenters. The predicted octanol–water partition coefficient (Wildman–Crippen LogP) is 2.84. The summed E-state index contributed by atoms with van der Waals surface area (Å²) < 4.78 is 7.12. The molecule has 4 rings (SSSR count). The summed E-state index contributed by atoms with van der Waals surface area (Å²) in [5.74, 6) is 0.631. The highest BCUT2D eigenvalue weighted by Gasteiger charge is 2.22. The van der Waals surface area contributed by atoms with Gasteiger partial charge in [0.15, 0.2) is 5.82 Å². The van der Waals surface area contributed by atoms with Gasteiger partial charge in [-0.25, -0.2) is 0 Å². The van der Waals surface area contributed by atoms with Crippen LogP contribution in [0, 0.1) is 5.92 Å². The molecule has 1 aliphatic heterocycles. The molecule has 1 fully saturated rings. The van der Waals surface area contributed by atoms with E-state index in [-0.39, 0.29) is 11.8 Å². The summed E-state index contributed by atoms with van der Waals surface area (Å²) in [7, 11) is 0. The molecule has 3 heterocycles. The lowest BCUT2D eigenvalue weighted by Gasteiger charge is -2.20. The van der Waals surface area contributed by atoms with Gasteiger partial charge in [0, 0.05) is 43.0 Å². The lowest BCUT2D eigenvalue weighted by molar-refractivity contribution is -0.122. The first-order valence-corrected chi connectivity index (χ1v) is 8.54. The fourth-order valence-corrected chi connectivity index (χ4v) is 3.17. The number of fused-ring (bicyclic) bond motifs is 1. The number of hydrogen-bond acceptors (Lipinski definition) is 4. The van der Waals surface area contributed by atoms with E-state index in [1.807, 2.05) is 29.1 Å². The van der Waals surface area contributed by atoms with E-state index in [0.29, 0.717) is 25.6 Å². The molecule has 6 heteroatoms. The highest BCUT2D eigenvalue weighted by atomic mass is 16.5. The average Bonchev–Trinajstić information content (AvgIpc) is 3.09. The molecule has 25 heavy (non-hydrogen) atoms. The Morgan fingerprint density at radius 1 is 1.20 bits per heavy atom. The molecule has 0 saturated carbocycles. The first-order valence-electron chi connectivity index (χ1n) is 8.54. The summed E-state index contributed by atoms with van der Waals surface area (Å²) in [5, 5.41) is 8.50. The first kappa shape index (κ1) is 15.8. The molecule has 2 aromatic heterocycles. The maximum Gasteiger partial charge on any atom is 0.228 e. The molecule has 0 bridgehead atoms.